The van der Waals surface area contributed by atoms with Crippen molar-refractivity contribution in [2.45, 2.75) is 31.4 Å². The maximum absolute atomic E-state index is 12.3. The van der Waals surface area contributed by atoms with E-state index in [9.17, 15) is 18.0 Å². The predicted molar refractivity (Wildman–Crippen MR) is 97.5 cm³/mol. The topological polar surface area (TPSA) is 89.5 Å². The Morgan fingerprint density at radius 1 is 1.08 bits per heavy atom. The van der Waals surface area contributed by atoms with Gasteiger partial charge >= 0.3 is 5.97 Å². The number of hydrogen-bond acceptors (Lipinski definition) is 5. The van der Waals surface area contributed by atoms with Gasteiger partial charge in [-0.05, 0) is 31.5 Å². The molecule has 0 unspecified atom stereocenters. The summed E-state index contributed by atoms with van der Waals surface area (Å²) in [4.78, 5) is 24.3. The van der Waals surface area contributed by atoms with Gasteiger partial charge in [0.05, 0.1) is 10.5 Å². The zero-order valence-corrected chi connectivity index (χ0v) is 15.7. The Kier molecular flexibility index (Phi) is 6.15. The SMILES string of the molecule is Cc1ccc(CNC(=O)[C@@H](C)OC(=O)c2ccccc2S(C)(=O)=O)cc1. The summed E-state index contributed by atoms with van der Waals surface area (Å²) >= 11 is 0. The molecule has 0 radical (unpaired) electrons. The highest BCUT2D eigenvalue weighted by Gasteiger charge is 2.23. The van der Waals surface area contributed by atoms with E-state index < -0.39 is 27.8 Å². The fraction of sp³-hybridized carbons (Fsp3) is 0.263. The molecule has 6 nitrogen and oxygen atoms in total. The van der Waals surface area contributed by atoms with Gasteiger partial charge in [-0.1, -0.05) is 42.0 Å². The molecule has 0 fully saturated rings. The first kappa shape index (κ1) is 19.7. The van der Waals surface area contributed by atoms with E-state index in [0.717, 1.165) is 17.4 Å². The maximum atomic E-state index is 12.3. The van der Waals surface area contributed by atoms with Gasteiger partial charge in [0.25, 0.3) is 5.91 Å². The van der Waals surface area contributed by atoms with Crippen molar-refractivity contribution in [3.8, 4) is 0 Å². The number of rotatable bonds is 6. The zero-order chi connectivity index (χ0) is 19.3. The Morgan fingerprint density at radius 3 is 2.31 bits per heavy atom. The van der Waals surface area contributed by atoms with Gasteiger partial charge < -0.3 is 10.1 Å². The molecule has 7 heteroatoms. The number of esters is 1. The molecule has 1 N–H and O–H groups in total. The van der Waals surface area contributed by atoms with Crippen LogP contribution in [-0.4, -0.2) is 32.7 Å². The van der Waals surface area contributed by atoms with E-state index in [1.807, 2.05) is 31.2 Å². The summed E-state index contributed by atoms with van der Waals surface area (Å²) in [5.41, 5.74) is 1.95. The van der Waals surface area contributed by atoms with E-state index in [1.165, 1.54) is 31.2 Å². The van der Waals surface area contributed by atoms with Crippen LogP contribution in [-0.2, 0) is 25.9 Å². The standard InChI is InChI=1S/C19H21NO5S/c1-13-8-10-15(11-9-13)12-20-18(21)14(2)25-19(22)16-6-4-5-7-17(16)26(3,23)24/h4-11,14H,12H2,1-3H3,(H,20,21)/t14-/m1/s1. The van der Waals surface area contributed by atoms with Crippen LogP contribution < -0.4 is 5.32 Å². The lowest BCUT2D eigenvalue weighted by molar-refractivity contribution is -0.129. The number of carbonyl (C=O) groups is 2. The molecule has 0 aliphatic carbocycles. The third kappa shape index (κ3) is 5.16. The lowest BCUT2D eigenvalue weighted by Gasteiger charge is -2.15. The Labute approximate surface area is 153 Å². The summed E-state index contributed by atoms with van der Waals surface area (Å²) < 4.78 is 28.7. The van der Waals surface area contributed by atoms with Gasteiger partial charge in [0.15, 0.2) is 15.9 Å². The monoisotopic (exact) mass is 375 g/mol. The Morgan fingerprint density at radius 2 is 1.69 bits per heavy atom. The van der Waals surface area contributed by atoms with Gasteiger partial charge in [0, 0.05) is 12.8 Å². The van der Waals surface area contributed by atoms with E-state index in [2.05, 4.69) is 5.32 Å². The molecular formula is C19H21NO5S. The molecule has 2 aromatic rings. The molecule has 2 rings (SSSR count). The summed E-state index contributed by atoms with van der Waals surface area (Å²) in [7, 11) is -3.59. The van der Waals surface area contributed by atoms with Crippen molar-refractivity contribution in [1.82, 2.24) is 5.32 Å². The Hall–Kier alpha value is -2.67. The predicted octanol–water partition coefficient (Wildman–Crippen LogP) is 2.26. The van der Waals surface area contributed by atoms with Gasteiger partial charge in [-0.25, -0.2) is 13.2 Å². The van der Waals surface area contributed by atoms with Crippen LogP contribution in [0.4, 0.5) is 0 Å². The average molecular weight is 375 g/mol. The van der Waals surface area contributed by atoms with E-state index >= 15 is 0 Å². The van der Waals surface area contributed by atoms with Gasteiger partial charge in [0.1, 0.15) is 0 Å². The van der Waals surface area contributed by atoms with Crippen molar-refractivity contribution in [2.75, 3.05) is 6.26 Å². The minimum atomic E-state index is -3.59. The number of sulfone groups is 1. The maximum Gasteiger partial charge on any atom is 0.340 e. The molecule has 26 heavy (non-hydrogen) atoms. The molecule has 0 spiro atoms. The number of benzene rings is 2. The number of amides is 1. The second kappa shape index (κ2) is 8.14. The third-order valence-electron chi connectivity index (χ3n) is 3.75. The first-order valence-corrected chi connectivity index (χ1v) is 9.91. The zero-order valence-electron chi connectivity index (χ0n) is 14.9. The third-order valence-corrected chi connectivity index (χ3v) is 4.90. The number of ether oxygens (including phenoxy) is 1. The fourth-order valence-corrected chi connectivity index (χ4v) is 3.15. The van der Waals surface area contributed by atoms with E-state index in [4.69, 9.17) is 4.74 Å². The van der Waals surface area contributed by atoms with Gasteiger partial charge in [-0.2, -0.15) is 0 Å². The van der Waals surface area contributed by atoms with Crippen molar-refractivity contribution >= 4 is 21.7 Å². The normalized spacial score (nSPS) is 12.3. The molecule has 0 bridgehead atoms. The molecule has 2 aromatic carbocycles. The van der Waals surface area contributed by atoms with E-state index in [-0.39, 0.29) is 10.5 Å². The van der Waals surface area contributed by atoms with Gasteiger partial charge in [0.2, 0.25) is 0 Å². The highest BCUT2D eigenvalue weighted by molar-refractivity contribution is 7.90. The molecule has 1 amide bonds. The van der Waals surface area contributed by atoms with Crippen molar-refractivity contribution < 1.29 is 22.7 Å². The van der Waals surface area contributed by atoms with Crippen LogP contribution in [0.25, 0.3) is 0 Å². The minimum absolute atomic E-state index is 0.0896. The summed E-state index contributed by atoms with van der Waals surface area (Å²) in [6.45, 7) is 3.71. The first-order chi connectivity index (χ1) is 12.2. The van der Waals surface area contributed by atoms with Crippen molar-refractivity contribution in [3.63, 3.8) is 0 Å². The fourth-order valence-electron chi connectivity index (χ4n) is 2.28. The van der Waals surface area contributed by atoms with Crippen molar-refractivity contribution in [2.24, 2.45) is 0 Å². The van der Waals surface area contributed by atoms with Gasteiger partial charge in [-0.3, -0.25) is 4.79 Å². The van der Waals surface area contributed by atoms with Crippen LogP contribution in [0.15, 0.2) is 53.4 Å². The molecule has 0 saturated heterocycles. The average Bonchev–Trinajstić information content (AvgIpc) is 2.60. The Bertz CT molecular complexity index is 904. The van der Waals surface area contributed by atoms with Crippen LogP contribution in [0.2, 0.25) is 0 Å². The molecule has 1 atom stereocenters. The quantitative estimate of drug-likeness (QED) is 0.782. The van der Waals surface area contributed by atoms with Crippen molar-refractivity contribution in [3.05, 3.63) is 65.2 Å². The van der Waals surface area contributed by atoms with Crippen LogP contribution in [0.1, 0.15) is 28.4 Å². The lowest BCUT2D eigenvalue weighted by Crippen LogP contribution is -2.35. The summed E-state index contributed by atoms with van der Waals surface area (Å²) in [5.74, 6) is -1.32. The van der Waals surface area contributed by atoms with E-state index in [0.29, 0.717) is 6.54 Å². The number of carbonyl (C=O) groups excluding carboxylic acids is 2. The first-order valence-electron chi connectivity index (χ1n) is 8.02. The highest BCUT2D eigenvalue weighted by atomic mass is 32.2. The highest BCUT2D eigenvalue weighted by Crippen LogP contribution is 2.17. The Balaban J connectivity index is 2.00. The smallest absolute Gasteiger partial charge is 0.340 e. The number of hydrogen-bond donors (Lipinski definition) is 1. The van der Waals surface area contributed by atoms with Gasteiger partial charge in [-0.15, -0.1) is 0 Å². The number of nitrogens with one attached hydrogen (secondary N) is 1. The van der Waals surface area contributed by atoms with E-state index in [1.54, 1.807) is 0 Å². The van der Waals surface area contributed by atoms with Crippen LogP contribution in [0.3, 0.4) is 0 Å². The second-order valence-corrected chi connectivity index (χ2v) is 8.00. The molecule has 0 aromatic heterocycles. The van der Waals surface area contributed by atoms with Crippen LogP contribution >= 0.6 is 0 Å². The molecule has 0 saturated carbocycles. The van der Waals surface area contributed by atoms with Crippen LogP contribution in [0, 0.1) is 6.92 Å². The van der Waals surface area contributed by atoms with Crippen LogP contribution in [0.5, 0.6) is 0 Å². The summed E-state index contributed by atoms with van der Waals surface area (Å²) in [5, 5.41) is 2.69. The molecule has 138 valence electrons. The minimum Gasteiger partial charge on any atom is -0.449 e. The summed E-state index contributed by atoms with van der Waals surface area (Å²) in [6.07, 6.45) is -0.0443. The van der Waals surface area contributed by atoms with Crippen molar-refractivity contribution in [1.29, 1.82) is 0 Å². The largest absolute Gasteiger partial charge is 0.449 e. The molecule has 0 aliphatic rings. The second-order valence-electron chi connectivity index (χ2n) is 6.02. The lowest BCUT2D eigenvalue weighted by atomic mass is 10.1. The molecule has 0 aliphatic heterocycles. The molecular weight excluding hydrogens is 354 g/mol. The number of aryl methyl sites for hydroxylation is 1. The molecule has 0 heterocycles. The summed E-state index contributed by atoms with van der Waals surface area (Å²) in [6, 6.07) is 13.4.